The molecule has 3 rings (SSSR count). The summed E-state index contributed by atoms with van der Waals surface area (Å²) in [6, 6.07) is 11.2. The molecule has 1 amide bonds. The maximum Gasteiger partial charge on any atom is 0.261 e. The van der Waals surface area contributed by atoms with Gasteiger partial charge in [-0.25, -0.2) is 18.2 Å². The first-order valence-corrected chi connectivity index (χ1v) is 14.6. The van der Waals surface area contributed by atoms with Gasteiger partial charge < -0.3 is 20.3 Å². The van der Waals surface area contributed by atoms with Crippen LogP contribution in [0.5, 0.6) is 0 Å². The maximum atomic E-state index is 14.7. The summed E-state index contributed by atoms with van der Waals surface area (Å²) in [5.41, 5.74) is 6.33. The Labute approximate surface area is 238 Å². The normalized spacial score (nSPS) is 13.2. The van der Waals surface area contributed by atoms with E-state index in [4.69, 9.17) is 15.3 Å². The Morgan fingerprint density at radius 3 is 2.29 bits per heavy atom. The molecule has 0 aliphatic carbocycles. The molecule has 4 N–H and O–H groups in total. The number of hydrogen-bond acceptors (Lipinski definition) is 6. The van der Waals surface area contributed by atoms with Crippen LogP contribution in [0.2, 0.25) is 0 Å². The molecule has 2 aromatic carbocycles. The molecule has 0 fully saturated rings. The number of halogens is 3. The minimum absolute atomic E-state index is 0.00444. The number of nitrogens with two attached hydrogens (primary N) is 1. The third kappa shape index (κ3) is 10.6. The van der Waals surface area contributed by atoms with Crippen molar-refractivity contribution < 1.29 is 36.0 Å². The lowest BCUT2D eigenvalue weighted by atomic mass is 9.84. The highest BCUT2D eigenvalue weighted by atomic mass is 32.2. The summed E-state index contributed by atoms with van der Waals surface area (Å²) in [4.78, 5) is 19.1. The highest BCUT2D eigenvalue weighted by Gasteiger charge is 2.38. The van der Waals surface area contributed by atoms with Gasteiger partial charge in [-0.2, -0.15) is 8.42 Å². The number of carbonyl (C=O) groups excluding carboxylic acids is 1. The Kier molecular flexibility index (Phi) is 12.1. The first-order chi connectivity index (χ1) is 19.0. The number of carbonyl (C=O) groups is 1. The van der Waals surface area contributed by atoms with Crippen LogP contribution in [0.25, 0.3) is 11.3 Å². The number of rotatable bonds is 10. The van der Waals surface area contributed by atoms with Gasteiger partial charge in [0.2, 0.25) is 5.91 Å². The van der Waals surface area contributed by atoms with E-state index in [-0.39, 0.29) is 24.2 Å². The van der Waals surface area contributed by atoms with E-state index >= 15 is 0 Å². The van der Waals surface area contributed by atoms with Crippen LogP contribution in [0.4, 0.5) is 13.2 Å². The Hall–Kier alpha value is -3.26. The second kappa shape index (κ2) is 14.6. The van der Waals surface area contributed by atoms with Crippen molar-refractivity contribution in [1.82, 2.24) is 14.5 Å². The van der Waals surface area contributed by atoms with Crippen LogP contribution in [0.1, 0.15) is 44.6 Å². The fourth-order valence-corrected chi connectivity index (χ4v) is 4.24. The highest BCUT2D eigenvalue weighted by Crippen LogP contribution is 2.39. The van der Waals surface area contributed by atoms with Gasteiger partial charge in [0, 0.05) is 30.9 Å². The zero-order valence-electron chi connectivity index (χ0n) is 23.5. The van der Waals surface area contributed by atoms with Crippen LogP contribution < -0.4 is 5.73 Å². The van der Waals surface area contributed by atoms with Crippen LogP contribution in [-0.4, -0.2) is 70.6 Å². The summed E-state index contributed by atoms with van der Waals surface area (Å²) >= 11 is 0. The van der Waals surface area contributed by atoms with Gasteiger partial charge >= 0.3 is 0 Å². The predicted molar refractivity (Wildman–Crippen MR) is 150 cm³/mol. The molecule has 0 saturated carbocycles. The number of alkyl halides is 1. The second-order valence-electron chi connectivity index (χ2n) is 10.7. The van der Waals surface area contributed by atoms with Crippen molar-refractivity contribution in [3.05, 3.63) is 77.8 Å². The number of benzene rings is 2. The molecule has 3 aromatic rings. The van der Waals surface area contributed by atoms with Gasteiger partial charge in [-0.15, -0.1) is 0 Å². The molecule has 2 atom stereocenters. The molecule has 1 aromatic heterocycles. The van der Waals surface area contributed by atoms with E-state index in [1.807, 2.05) is 51.1 Å². The van der Waals surface area contributed by atoms with Gasteiger partial charge in [0.15, 0.2) is 0 Å². The molecule has 0 spiro atoms. The first kappa shape index (κ1) is 33.9. The average Bonchev–Trinajstić information content (AvgIpc) is 3.28. The molecule has 0 unspecified atom stereocenters. The van der Waals surface area contributed by atoms with Crippen molar-refractivity contribution in [1.29, 1.82) is 0 Å². The van der Waals surface area contributed by atoms with Crippen molar-refractivity contribution in [3.8, 4) is 11.3 Å². The van der Waals surface area contributed by atoms with Gasteiger partial charge in [-0.1, -0.05) is 51.1 Å². The lowest BCUT2D eigenvalue weighted by molar-refractivity contribution is -0.139. The third-order valence-corrected chi connectivity index (χ3v) is 5.98. The van der Waals surface area contributed by atoms with E-state index in [1.54, 1.807) is 10.8 Å². The van der Waals surface area contributed by atoms with E-state index in [0.29, 0.717) is 18.6 Å². The summed E-state index contributed by atoms with van der Waals surface area (Å²) in [6.07, 6.45) is 2.53. The van der Waals surface area contributed by atoms with Crippen LogP contribution >= 0.6 is 0 Å². The summed E-state index contributed by atoms with van der Waals surface area (Å²) in [5.74, 6) is -1.36. The molecule has 226 valence electrons. The first-order valence-electron chi connectivity index (χ1n) is 12.8. The third-order valence-electron chi connectivity index (χ3n) is 5.98. The molecule has 41 heavy (non-hydrogen) atoms. The van der Waals surface area contributed by atoms with Gasteiger partial charge in [0.05, 0.1) is 18.0 Å². The Morgan fingerprint density at radius 1 is 1.15 bits per heavy atom. The average molecular weight is 599 g/mol. The minimum atomic E-state index is -3.67. The van der Waals surface area contributed by atoms with Gasteiger partial charge in [0.25, 0.3) is 10.1 Å². The molecule has 0 aliphatic rings. The Bertz CT molecular complexity index is 1390. The highest BCUT2D eigenvalue weighted by molar-refractivity contribution is 7.85. The summed E-state index contributed by atoms with van der Waals surface area (Å²) in [6.45, 7) is 4.69. The molecule has 13 heteroatoms. The second-order valence-corrected chi connectivity index (χ2v) is 12.1. The fourth-order valence-electron chi connectivity index (χ4n) is 4.24. The molecule has 0 bridgehead atoms. The lowest BCUT2D eigenvalue weighted by Crippen LogP contribution is -2.45. The van der Waals surface area contributed by atoms with Crippen molar-refractivity contribution in [2.45, 2.75) is 45.8 Å². The van der Waals surface area contributed by atoms with Crippen LogP contribution in [0.3, 0.4) is 0 Å². The number of aliphatic hydroxyl groups is 1. The lowest BCUT2D eigenvalue weighted by Gasteiger charge is -2.40. The molecule has 9 nitrogen and oxygen atoms in total. The van der Waals surface area contributed by atoms with Crippen molar-refractivity contribution in [2.24, 2.45) is 11.1 Å². The number of aromatic nitrogens is 2. The van der Waals surface area contributed by atoms with E-state index < -0.39 is 58.4 Å². The quantitative estimate of drug-likeness (QED) is 0.300. The number of imidazole rings is 1. The van der Waals surface area contributed by atoms with E-state index in [1.165, 1.54) is 4.90 Å². The molecule has 0 aliphatic heterocycles. The minimum Gasteiger partial charge on any atom is -0.387 e. The molecule has 0 saturated heterocycles. The molecule has 1 heterocycles. The summed E-state index contributed by atoms with van der Waals surface area (Å²) in [7, 11) is -3.67. The van der Waals surface area contributed by atoms with Crippen molar-refractivity contribution in [3.63, 3.8) is 0 Å². The Morgan fingerprint density at radius 2 is 1.76 bits per heavy atom. The summed E-state index contributed by atoms with van der Waals surface area (Å²) in [5, 5.41) is 9.73. The maximum absolute atomic E-state index is 14.7. The number of nitrogens with zero attached hydrogens (tertiary/aromatic N) is 3. The zero-order valence-corrected chi connectivity index (χ0v) is 24.3. The van der Waals surface area contributed by atoms with Crippen LogP contribution in [0, 0.1) is 17.0 Å². The number of aliphatic hydroxyl groups excluding tert-OH is 1. The predicted octanol–water partition coefficient (Wildman–Crippen LogP) is 3.98. The number of hydrogen-bond donors (Lipinski definition) is 3. The van der Waals surface area contributed by atoms with Gasteiger partial charge in [0.1, 0.15) is 30.7 Å². The SMILES string of the molecule is CC(C)(C)[C@H](c1nc(-c2cc(F)ccc2F)cn1Cc1ccccc1)N(CC[C@H](N)CF)C(=O)CO.CS(=O)(=O)O. The topological polar surface area (TPSA) is 139 Å². The smallest absolute Gasteiger partial charge is 0.261 e. The van der Waals surface area contributed by atoms with Crippen molar-refractivity contribution in [2.75, 3.05) is 26.1 Å². The molecular formula is C28H37F3N4O5S. The van der Waals surface area contributed by atoms with E-state index in [2.05, 4.69) is 0 Å². The Balaban J connectivity index is 0.00000108. The summed E-state index contributed by atoms with van der Waals surface area (Å²) < 4.78 is 69.4. The van der Waals surface area contributed by atoms with E-state index in [9.17, 15) is 31.5 Å². The van der Waals surface area contributed by atoms with Crippen LogP contribution in [0.15, 0.2) is 54.7 Å². The van der Waals surface area contributed by atoms with Crippen LogP contribution in [-0.2, 0) is 21.5 Å². The van der Waals surface area contributed by atoms with Gasteiger partial charge in [-0.05, 0) is 35.6 Å². The van der Waals surface area contributed by atoms with E-state index in [0.717, 1.165) is 23.8 Å². The largest absolute Gasteiger partial charge is 0.387 e. The zero-order chi connectivity index (χ0) is 31.0. The van der Waals surface area contributed by atoms with Gasteiger partial charge in [-0.3, -0.25) is 9.35 Å². The monoisotopic (exact) mass is 598 g/mol. The number of amides is 1. The molecule has 0 radical (unpaired) electrons. The molecular weight excluding hydrogens is 561 g/mol. The standard InChI is InChI=1S/C27H33F3N4O2.CH4O3S/c1-27(2,3)25(34(24(36)17-35)12-11-20(31)14-28)26-32-23(21-13-19(29)9-10-22(21)30)16-33(26)15-18-7-5-4-6-8-18;1-5(2,3)4/h4-10,13,16,20,25,35H,11-12,14-15,17,31H2,1-3H3;1H3,(H,2,3,4)/t20-,25-;/m0./s1. The van der Waals surface area contributed by atoms with Crippen molar-refractivity contribution >= 4 is 16.0 Å². The fraction of sp³-hybridized carbons (Fsp3) is 0.429.